The predicted octanol–water partition coefficient (Wildman–Crippen LogP) is 0.734. The van der Waals surface area contributed by atoms with Crippen molar-refractivity contribution in [2.45, 2.75) is 6.04 Å². The largest absolute Gasteiger partial charge is 0.479 e. The van der Waals surface area contributed by atoms with E-state index in [4.69, 9.17) is 10.2 Å². The molecule has 5 heteroatoms. The Labute approximate surface area is 91.3 Å². The topological polar surface area (TPSA) is 77.8 Å². The van der Waals surface area contributed by atoms with E-state index in [1.54, 1.807) is 30.5 Å². The molecule has 16 heavy (non-hydrogen) atoms. The molecule has 0 aromatic carbocycles. The lowest BCUT2D eigenvalue weighted by atomic mass is 9.99. The number of carbonyl (C=O) groups is 2. The summed E-state index contributed by atoms with van der Waals surface area (Å²) in [4.78, 5) is 23.4. The minimum absolute atomic E-state index is 0.142. The molecule has 0 radical (unpaired) electrons. The Morgan fingerprint density at radius 2 is 1.94 bits per heavy atom. The van der Waals surface area contributed by atoms with Crippen molar-refractivity contribution in [3.63, 3.8) is 0 Å². The van der Waals surface area contributed by atoms with Crippen molar-refractivity contribution in [2.24, 2.45) is 0 Å². The van der Waals surface area contributed by atoms with Crippen molar-refractivity contribution in [1.29, 1.82) is 0 Å². The van der Waals surface area contributed by atoms with E-state index in [-0.39, 0.29) is 5.57 Å². The van der Waals surface area contributed by atoms with Crippen LogP contribution in [0.5, 0.6) is 0 Å². The van der Waals surface area contributed by atoms with E-state index in [0.29, 0.717) is 5.70 Å². The number of carboxylic acids is 2. The molecule has 0 saturated heterocycles. The Balaban J connectivity index is 2.47. The highest BCUT2D eigenvalue weighted by Crippen LogP contribution is 2.25. The summed E-state index contributed by atoms with van der Waals surface area (Å²) in [6.07, 6.45) is 9.63. The van der Waals surface area contributed by atoms with Crippen LogP contribution in [0.4, 0.5) is 0 Å². The monoisotopic (exact) mass is 219 g/mol. The first-order valence-corrected chi connectivity index (χ1v) is 4.62. The highest BCUT2D eigenvalue weighted by Gasteiger charge is 2.35. The Hall–Kier alpha value is -2.30. The van der Waals surface area contributed by atoms with Gasteiger partial charge in [-0.2, -0.15) is 0 Å². The summed E-state index contributed by atoms with van der Waals surface area (Å²) in [5.74, 6) is -2.40. The predicted molar refractivity (Wildman–Crippen MR) is 55.3 cm³/mol. The third-order valence-corrected chi connectivity index (χ3v) is 2.41. The van der Waals surface area contributed by atoms with Gasteiger partial charge in [-0.1, -0.05) is 6.08 Å². The summed E-state index contributed by atoms with van der Waals surface area (Å²) in [6.45, 7) is 0. The molecule has 0 saturated carbocycles. The Kier molecular flexibility index (Phi) is 2.36. The number of nitrogens with zero attached hydrogens (tertiary/aromatic N) is 1. The molecule has 1 unspecified atom stereocenters. The van der Waals surface area contributed by atoms with Gasteiger partial charge in [0.15, 0.2) is 6.04 Å². The first-order chi connectivity index (χ1) is 7.61. The Morgan fingerprint density at radius 3 is 2.56 bits per heavy atom. The highest BCUT2D eigenvalue weighted by atomic mass is 16.4. The van der Waals surface area contributed by atoms with Crippen molar-refractivity contribution >= 4 is 11.9 Å². The van der Waals surface area contributed by atoms with Crippen molar-refractivity contribution < 1.29 is 19.8 Å². The second-order valence-electron chi connectivity index (χ2n) is 3.37. The zero-order valence-corrected chi connectivity index (χ0v) is 8.20. The maximum absolute atomic E-state index is 11.1. The van der Waals surface area contributed by atoms with Gasteiger partial charge in [0, 0.05) is 11.9 Å². The van der Waals surface area contributed by atoms with Gasteiger partial charge >= 0.3 is 11.9 Å². The third-order valence-electron chi connectivity index (χ3n) is 2.41. The maximum Gasteiger partial charge on any atom is 0.334 e. The van der Waals surface area contributed by atoms with Crippen LogP contribution in [0.1, 0.15) is 0 Å². The van der Waals surface area contributed by atoms with E-state index >= 15 is 0 Å². The van der Waals surface area contributed by atoms with Crippen LogP contribution >= 0.6 is 0 Å². The first-order valence-electron chi connectivity index (χ1n) is 4.62. The number of aliphatic carboxylic acids is 2. The smallest absolute Gasteiger partial charge is 0.334 e. The van der Waals surface area contributed by atoms with Gasteiger partial charge in [0.25, 0.3) is 0 Å². The minimum atomic E-state index is -1.22. The molecule has 2 aliphatic rings. The maximum atomic E-state index is 11.1. The number of hydrogen-bond donors (Lipinski definition) is 2. The molecule has 0 bridgehead atoms. The molecule has 2 heterocycles. The van der Waals surface area contributed by atoms with Gasteiger partial charge in [-0.05, 0) is 24.3 Å². The van der Waals surface area contributed by atoms with Crippen molar-refractivity contribution in [3.05, 3.63) is 47.9 Å². The SMILES string of the molecule is O=C(O)C1=CC=C2C=CC=CN2C1C(=O)O. The molecule has 0 aromatic heterocycles. The minimum Gasteiger partial charge on any atom is -0.479 e. The normalized spacial score (nSPS) is 22.2. The van der Waals surface area contributed by atoms with E-state index in [2.05, 4.69) is 0 Å². The van der Waals surface area contributed by atoms with E-state index < -0.39 is 18.0 Å². The van der Waals surface area contributed by atoms with Crippen molar-refractivity contribution in [2.75, 3.05) is 0 Å². The van der Waals surface area contributed by atoms with E-state index in [1.807, 2.05) is 0 Å². The lowest BCUT2D eigenvalue weighted by molar-refractivity contribution is -0.143. The average Bonchev–Trinajstić information content (AvgIpc) is 2.27. The summed E-state index contributed by atoms with van der Waals surface area (Å²) in [5, 5.41) is 18.0. The molecular weight excluding hydrogens is 210 g/mol. The molecular formula is C11H9NO4. The van der Waals surface area contributed by atoms with E-state index in [0.717, 1.165) is 0 Å². The van der Waals surface area contributed by atoms with Crippen molar-refractivity contribution in [3.8, 4) is 0 Å². The van der Waals surface area contributed by atoms with Gasteiger partial charge in [-0.15, -0.1) is 0 Å². The molecule has 2 N–H and O–H groups in total. The number of carboxylic acid groups (broad SMARTS) is 2. The molecule has 82 valence electrons. The third kappa shape index (κ3) is 1.52. The molecule has 2 rings (SSSR count). The van der Waals surface area contributed by atoms with E-state index in [9.17, 15) is 9.59 Å². The van der Waals surface area contributed by atoms with E-state index in [1.165, 1.54) is 11.0 Å². The van der Waals surface area contributed by atoms with Gasteiger partial charge in [0.05, 0.1) is 5.57 Å². The lowest BCUT2D eigenvalue weighted by Gasteiger charge is -2.32. The van der Waals surface area contributed by atoms with Gasteiger partial charge in [-0.25, -0.2) is 9.59 Å². The summed E-state index contributed by atoms with van der Waals surface area (Å²) < 4.78 is 0. The summed E-state index contributed by atoms with van der Waals surface area (Å²) in [6, 6.07) is -1.17. The van der Waals surface area contributed by atoms with Crippen LogP contribution in [0.3, 0.4) is 0 Å². The molecule has 1 atom stereocenters. The van der Waals surface area contributed by atoms with Crippen LogP contribution in [0, 0.1) is 0 Å². The molecule has 0 aromatic rings. The molecule has 0 aliphatic carbocycles. The van der Waals surface area contributed by atoms with Crippen LogP contribution in [-0.2, 0) is 9.59 Å². The fraction of sp³-hybridized carbons (Fsp3) is 0.0909. The van der Waals surface area contributed by atoms with Crippen LogP contribution in [0.25, 0.3) is 0 Å². The molecule has 0 fully saturated rings. The molecule has 2 aliphatic heterocycles. The number of fused-ring (bicyclic) bond motifs is 1. The van der Waals surface area contributed by atoms with Crippen LogP contribution in [0.15, 0.2) is 47.9 Å². The first kappa shape index (κ1) is 10.2. The van der Waals surface area contributed by atoms with Gasteiger partial charge in [0.1, 0.15) is 0 Å². The zero-order chi connectivity index (χ0) is 11.7. The Bertz CT molecular complexity index is 470. The fourth-order valence-corrected chi connectivity index (χ4v) is 1.70. The molecule has 0 spiro atoms. The van der Waals surface area contributed by atoms with Crippen molar-refractivity contribution in [1.82, 2.24) is 4.90 Å². The van der Waals surface area contributed by atoms with Gasteiger partial charge < -0.3 is 15.1 Å². The fourth-order valence-electron chi connectivity index (χ4n) is 1.70. The summed E-state index contributed by atoms with van der Waals surface area (Å²) in [5.41, 5.74) is 0.524. The quantitative estimate of drug-likeness (QED) is 0.716. The number of allylic oxidation sites excluding steroid dienone is 5. The zero-order valence-electron chi connectivity index (χ0n) is 8.20. The standard InChI is InChI=1S/C11H9NO4/c13-10(14)8-5-4-7-3-1-2-6-12(7)9(8)11(15)16/h1-6,9H,(H,13,14)(H,15,16). The van der Waals surface area contributed by atoms with Gasteiger partial charge in [0.2, 0.25) is 0 Å². The number of rotatable bonds is 2. The second kappa shape index (κ2) is 3.69. The summed E-state index contributed by atoms with van der Waals surface area (Å²) >= 11 is 0. The lowest BCUT2D eigenvalue weighted by Crippen LogP contribution is -2.42. The van der Waals surface area contributed by atoms with Gasteiger partial charge in [-0.3, -0.25) is 0 Å². The highest BCUT2D eigenvalue weighted by molar-refractivity contribution is 5.97. The van der Waals surface area contributed by atoms with Crippen LogP contribution < -0.4 is 0 Å². The molecule has 0 amide bonds. The average molecular weight is 219 g/mol. The van der Waals surface area contributed by atoms with Crippen LogP contribution in [-0.4, -0.2) is 33.1 Å². The Morgan fingerprint density at radius 1 is 1.19 bits per heavy atom. The van der Waals surface area contributed by atoms with Crippen LogP contribution in [0.2, 0.25) is 0 Å². The summed E-state index contributed by atoms with van der Waals surface area (Å²) in [7, 11) is 0. The molecule has 5 nitrogen and oxygen atoms in total. The second-order valence-corrected chi connectivity index (χ2v) is 3.37. The number of hydrogen-bond acceptors (Lipinski definition) is 3.